The van der Waals surface area contributed by atoms with Crippen LogP contribution in [0.3, 0.4) is 0 Å². The average Bonchev–Trinajstić information content (AvgIpc) is 2.81. The third-order valence-electron chi connectivity index (χ3n) is 4.82. The van der Waals surface area contributed by atoms with Crippen LogP contribution in [0.15, 0.2) is 59.6 Å². The molecule has 12 heteroatoms. The highest BCUT2D eigenvalue weighted by atomic mass is 32.2. The van der Waals surface area contributed by atoms with Crippen molar-refractivity contribution in [1.82, 2.24) is 20.0 Å². The van der Waals surface area contributed by atoms with Crippen LogP contribution < -0.4 is 31.1 Å². The zero-order chi connectivity index (χ0) is 27.1. The van der Waals surface area contributed by atoms with E-state index in [1.54, 1.807) is 51.2 Å². The molecular weight excluding hydrogens is 494 g/mol. The number of aromatic nitrogens is 2. The Balaban J connectivity index is 1.65. The molecule has 2 amide bonds. The van der Waals surface area contributed by atoms with Crippen molar-refractivity contribution in [2.24, 2.45) is 5.73 Å². The van der Waals surface area contributed by atoms with Crippen molar-refractivity contribution in [1.29, 1.82) is 0 Å². The molecule has 2 aromatic carbocycles. The van der Waals surface area contributed by atoms with E-state index in [1.165, 1.54) is 0 Å². The summed E-state index contributed by atoms with van der Waals surface area (Å²) in [5.41, 5.74) is 6.56. The average molecular weight is 528 g/mol. The van der Waals surface area contributed by atoms with Crippen molar-refractivity contribution >= 4 is 39.2 Å². The van der Waals surface area contributed by atoms with E-state index in [4.69, 9.17) is 10.5 Å². The molecule has 0 atom stereocenters. The molecule has 1 aromatic heterocycles. The van der Waals surface area contributed by atoms with Gasteiger partial charge in [0, 0.05) is 35.2 Å². The summed E-state index contributed by atoms with van der Waals surface area (Å²) < 4.78 is 33.7. The van der Waals surface area contributed by atoms with E-state index in [9.17, 15) is 13.2 Å². The largest absolute Gasteiger partial charge is 0.494 e. The van der Waals surface area contributed by atoms with Crippen LogP contribution in [0, 0.1) is 6.92 Å². The molecule has 0 saturated heterocycles. The van der Waals surface area contributed by atoms with Crippen LogP contribution in [0.25, 0.3) is 0 Å². The van der Waals surface area contributed by atoms with Crippen molar-refractivity contribution in [2.45, 2.75) is 44.6 Å². The highest BCUT2D eigenvalue weighted by Gasteiger charge is 2.22. The van der Waals surface area contributed by atoms with Crippen LogP contribution >= 0.6 is 0 Å². The fourth-order valence-corrected chi connectivity index (χ4v) is 4.67. The van der Waals surface area contributed by atoms with Gasteiger partial charge in [0.15, 0.2) is 0 Å². The Labute approximate surface area is 217 Å². The van der Waals surface area contributed by atoms with Gasteiger partial charge in [-0.1, -0.05) is 6.07 Å². The number of rotatable bonds is 11. The molecule has 3 aromatic rings. The second kappa shape index (κ2) is 11.9. The summed E-state index contributed by atoms with van der Waals surface area (Å²) in [7, 11) is -3.67. The van der Waals surface area contributed by atoms with E-state index in [-0.39, 0.29) is 4.90 Å². The monoisotopic (exact) mass is 527 g/mol. The number of aryl methyl sites for hydroxylation is 1. The van der Waals surface area contributed by atoms with Gasteiger partial charge in [0.05, 0.1) is 11.5 Å². The van der Waals surface area contributed by atoms with Gasteiger partial charge in [-0.2, -0.15) is 4.98 Å². The molecule has 0 aliphatic heterocycles. The molecule has 0 aliphatic carbocycles. The number of hydrogen-bond donors (Lipinski definition) is 5. The highest BCUT2D eigenvalue weighted by molar-refractivity contribution is 7.89. The quantitative estimate of drug-likeness (QED) is 0.235. The Morgan fingerprint density at radius 1 is 1.05 bits per heavy atom. The molecule has 198 valence electrons. The van der Waals surface area contributed by atoms with E-state index in [0.29, 0.717) is 42.8 Å². The first-order valence-electron chi connectivity index (χ1n) is 11.7. The second-order valence-corrected chi connectivity index (χ2v) is 11.1. The van der Waals surface area contributed by atoms with Crippen molar-refractivity contribution in [3.63, 3.8) is 0 Å². The van der Waals surface area contributed by atoms with E-state index in [0.717, 1.165) is 11.3 Å². The van der Waals surface area contributed by atoms with Gasteiger partial charge in [-0.3, -0.25) is 0 Å². The van der Waals surface area contributed by atoms with Gasteiger partial charge in [-0.05, 0) is 76.6 Å². The smallest absolute Gasteiger partial charge is 0.312 e. The molecule has 0 radical (unpaired) electrons. The number of ether oxygens (including phenoxy) is 1. The molecule has 0 spiro atoms. The normalized spacial score (nSPS) is 11.6. The lowest BCUT2D eigenvalue weighted by Crippen LogP contribution is -2.40. The molecule has 3 rings (SSSR count). The van der Waals surface area contributed by atoms with Crippen LogP contribution in [0.5, 0.6) is 5.75 Å². The Morgan fingerprint density at radius 3 is 2.46 bits per heavy atom. The molecule has 11 nitrogen and oxygen atoms in total. The summed E-state index contributed by atoms with van der Waals surface area (Å²) in [6.45, 7) is 8.12. The number of nitrogens with zero attached hydrogens (tertiary/aromatic N) is 2. The van der Waals surface area contributed by atoms with Crippen molar-refractivity contribution < 1.29 is 17.9 Å². The van der Waals surface area contributed by atoms with E-state index < -0.39 is 21.6 Å². The number of benzene rings is 2. The summed E-state index contributed by atoms with van der Waals surface area (Å²) in [6.07, 6.45) is 2.31. The minimum Gasteiger partial charge on any atom is -0.494 e. The summed E-state index contributed by atoms with van der Waals surface area (Å²) >= 11 is 0. The standard InChI is InChI=1S/C25H33N7O4S/c1-17-16-28-24(30-18-9-11-20(12-10-18)36-14-6-13-27-23(26)33)31-22(17)29-19-7-5-8-21(15-19)37(34,35)32-25(2,3)4/h5,7-12,15-16,32H,6,13-14H2,1-4H3,(H3,26,27,33)(H2,28,29,30,31). The molecule has 1 heterocycles. The zero-order valence-corrected chi connectivity index (χ0v) is 22.1. The van der Waals surface area contributed by atoms with Crippen LogP contribution in [0.2, 0.25) is 0 Å². The van der Waals surface area contributed by atoms with E-state index in [2.05, 4.69) is 30.6 Å². The first-order valence-corrected chi connectivity index (χ1v) is 13.2. The summed E-state index contributed by atoms with van der Waals surface area (Å²) in [5, 5.41) is 8.84. The van der Waals surface area contributed by atoms with E-state index in [1.807, 2.05) is 31.2 Å². The summed E-state index contributed by atoms with van der Waals surface area (Å²) in [5.74, 6) is 1.60. The van der Waals surface area contributed by atoms with Crippen molar-refractivity contribution in [2.75, 3.05) is 23.8 Å². The summed E-state index contributed by atoms with van der Waals surface area (Å²) in [6, 6.07) is 13.3. The number of urea groups is 1. The number of anilines is 4. The third-order valence-corrected chi connectivity index (χ3v) is 6.57. The molecule has 0 unspecified atom stereocenters. The number of carbonyl (C=O) groups excluding carboxylic acids is 1. The topological polar surface area (TPSA) is 160 Å². The third kappa shape index (κ3) is 8.92. The lowest BCUT2D eigenvalue weighted by molar-refractivity contribution is 0.247. The van der Waals surface area contributed by atoms with Crippen LogP contribution in [0.1, 0.15) is 32.8 Å². The molecule has 6 N–H and O–H groups in total. The molecular formula is C25H33N7O4S. The van der Waals surface area contributed by atoms with Crippen LogP contribution in [-0.2, 0) is 10.0 Å². The van der Waals surface area contributed by atoms with Gasteiger partial charge >= 0.3 is 6.03 Å². The summed E-state index contributed by atoms with van der Waals surface area (Å²) in [4.78, 5) is 19.7. The predicted molar refractivity (Wildman–Crippen MR) is 144 cm³/mol. The maximum atomic E-state index is 12.7. The van der Waals surface area contributed by atoms with Gasteiger partial charge in [-0.15, -0.1) is 0 Å². The van der Waals surface area contributed by atoms with Crippen molar-refractivity contribution in [3.8, 4) is 5.75 Å². The number of primary amides is 1. The van der Waals surface area contributed by atoms with Gasteiger partial charge in [0.1, 0.15) is 11.6 Å². The van der Waals surface area contributed by atoms with Gasteiger partial charge in [0.25, 0.3) is 0 Å². The molecule has 37 heavy (non-hydrogen) atoms. The number of amides is 2. The molecule has 0 bridgehead atoms. The van der Waals surface area contributed by atoms with Crippen LogP contribution in [0.4, 0.5) is 27.9 Å². The molecule has 0 aliphatic rings. The SMILES string of the molecule is Cc1cnc(Nc2ccc(OCCCNC(N)=O)cc2)nc1Nc1cccc(S(=O)(=O)NC(C)(C)C)c1. The highest BCUT2D eigenvalue weighted by Crippen LogP contribution is 2.24. The lowest BCUT2D eigenvalue weighted by Gasteiger charge is -2.20. The predicted octanol–water partition coefficient (Wildman–Crippen LogP) is 3.79. The first-order chi connectivity index (χ1) is 17.4. The van der Waals surface area contributed by atoms with Crippen LogP contribution in [-0.4, -0.2) is 43.1 Å². The number of carbonyl (C=O) groups is 1. The number of hydrogen-bond acceptors (Lipinski definition) is 8. The number of nitrogens with two attached hydrogens (primary N) is 1. The van der Waals surface area contributed by atoms with Gasteiger partial charge in [-0.25, -0.2) is 22.9 Å². The molecule has 0 fully saturated rings. The maximum absolute atomic E-state index is 12.7. The van der Waals surface area contributed by atoms with E-state index >= 15 is 0 Å². The Hall–Kier alpha value is -3.90. The van der Waals surface area contributed by atoms with Gasteiger partial charge < -0.3 is 26.4 Å². The number of sulfonamides is 1. The minimum atomic E-state index is -3.67. The Morgan fingerprint density at radius 2 is 1.78 bits per heavy atom. The zero-order valence-electron chi connectivity index (χ0n) is 21.3. The first kappa shape index (κ1) is 27.7. The van der Waals surface area contributed by atoms with Gasteiger partial charge in [0.2, 0.25) is 16.0 Å². The fourth-order valence-electron chi connectivity index (χ4n) is 3.21. The number of nitrogens with one attached hydrogen (secondary N) is 4. The second-order valence-electron chi connectivity index (χ2n) is 9.38. The Bertz CT molecular complexity index is 1320. The minimum absolute atomic E-state index is 0.156. The molecule has 0 saturated carbocycles. The fraction of sp³-hybridized carbons (Fsp3) is 0.320. The maximum Gasteiger partial charge on any atom is 0.312 e. The Kier molecular flexibility index (Phi) is 8.90. The van der Waals surface area contributed by atoms with Crippen molar-refractivity contribution in [3.05, 3.63) is 60.3 Å². The lowest BCUT2D eigenvalue weighted by atomic mass is 10.1.